The number of nitrogens with one attached hydrogen (secondary N) is 3. The number of unbranched alkanes of at least 4 members (excludes halogenated alkanes) is 1. The Morgan fingerprint density at radius 1 is 1.00 bits per heavy atom. The molecule has 1 aromatic rings. The first-order valence-electron chi connectivity index (χ1n) is 10.1. The van der Waals surface area contributed by atoms with Crippen LogP contribution < -0.4 is 20.7 Å². The van der Waals surface area contributed by atoms with Crippen LogP contribution in [0.15, 0.2) is 24.3 Å². The second kappa shape index (κ2) is 18.0. The van der Waals surface area contributed by atoms with E-state index in [2.05, 4.69) is 16.0 Å². The SMILES string of the molecule is CCCCOC(=O)CNC(=O)NCCNCC(O)COc1ccc(O)cc1.O=C(O)C(=O)O. The summed E-state index contributed by atoms with van der Waals surface area (Å²) in [5, 5.41) is 41.8. The first-order chi connectivity index (χ1) is 15.6. The number of carboxylic acid groups (broad SMARTS) is 2. The highest BCUT2D eigenvalue weighted by Gasteiger charge is 2.07. The fourth-order valence-corrected chi connectivity index (χ4v) is 1.92. The van der Waals surface area contributed by atoms with Crippen LogP contribution in [-0.2, 0) is 19.1 Å². The number of ether oxygens (including phenoxy) is 2. The molecule has 0 aromatic heterocycles. The van der Waals surface area contributed by atoms with Crippen LogP contribution in [0.3, 0.4) is 0 Å². The molecular weight excluding hydrogens is 442 g/mol. The summed E-state index contributed by atoms with van der Waals surface area (Å²) < 4.78 is 10.3. The van der Waals surface area contributed by atoms with Gasteiger partial charge in [-0.05, 0) is 30.7 Å². The van der Waals surface area contributed by atoms with Crippen LogP contribution in [0, 0.1) is 0 Å². The summed E-state index contributed by atoms with van der Waals surface area (Å²) in [6.07, 6.45) is 1.02. The van der Waals surface area contributed by atoms with E-state index in [0.29, 0.717) is 32.0 Å². The van der Waals surface area contributed by atoms with Crippen molar-refractivity contribution in [2.24, 2.45) is 0 Å². The van der Waals surface area contributed by atoms with E-state index in [-0.39, 0.29) is 18.9 Å². The summed E-state index contributed by atoms with van der Waals surface area (Å²) in [6, 6.07) is 5.76. The zero-order valence-electron chi connectivity index (χ0n) is 18.3. The maximum atomic E-state index is 11.5. The first-order valence-corrected chi connectivity index (χ1v) is 10.1. The molecule has 0 heterocycles. The minimum atomic E-state index is -1.82. The highest BCUT2D eigenvalue weighted by molar-refractivity contribution is 6.27. The van der Waals surface area contributed by atoms with Crippen molar-refractivity contribution < 1.29 is 49.1 Å². The topological polar surface area (TPSA) is 204 Å². The largest absolute Gasteiger partial charge is 0.508 e. The average Bonchev–Trinajstić information content (AvgIpc) is 2.77. The number of carbonyl (C=O) groups excluding carboxylic acids is 2. The average molecular weight is 473 g/mol. The van der Waals surface area contributed by atoms with Crippen LogP contribution in [0.2, 0.25) is 0 Å². The van der Waals surface area contributed by atoms with Gasteiger partial charge in [0.15, 0.2) is 0 Å². The number of hydrogen-bond acceptors (Lipinski definition) is 9. The number of aromatic hydroxyl groups is 1. The summed E-state index contributed by atoms with van der Waals surface area (Å²) in [5.41, 5.74) is 0. The molecule has 0 bridgehead atoms. The normalized spacial score (nSPS) is 10.7. The highest BCUT2D eigenvalue weighted by Crippen LogP contribution is 2.15. The van der Waals surface area contributed by atoms with E-state index < -0.39 is 30.0 Å². The van der Waals surface area contributed by atoms with Crippen molar-refractivity contribution in [3.8, 4) is 11.5 Å². The lowest BCUT2D eigenvalue weighted by molar-refractivity contribution is -0.159. The fraction of sp³-hybridized carbons (Fsp3) is 0.500. The number of aliphatic carboxylic acids is 2. The lowest BCUT2D eigenvalue weighted by Gasteiger charge is -2.13. The zero-order chi connectivity index (χ0) is 25.1. The summed E-state index contributed by atoms with van der Waals surface area (Å²) in [4.78, 5) is 41.0. The van der Waals surface area contributed by atoms with Gasteiger partial charge in [0.25, 0.3) is 0 Å². The van der Waals surface area contributed by atoms with Crippen molar-refractivity contribution in [1.29, 1.82) is 0 Å². The third-order valence-corrected chi connectivity index (χ3v) is 3.58. The van der Waals surface area contributed by atoms with Crippen LogP contribution in [0.1, 0.15) is 19.8 Å². The van der Waals surface area contributed by atoms with E-state index in [1.54, 1.807) is 12.1 Å². The Kier molecular flexibility index (Phi) is 16.1. The predicted molar refractivity (Wildman–Crippen MR) is 115 cm³/mol. The Morgan fingerprint density at radius 3 is 2.21 bits per heavy atom. The fourth-order valence-electron chi connectivity index (χ4n) is 1.92. The summed E-state index contributed by atoms with van der Waals surface area (Å²) in [5.74, 6) is -3.41. The van der Waals surface area contributed by atoms with E-state index in [4.69, 9.17) is 29.3 Å². The number of urea groups is 1. The number of hydrogen-bond donors (Lipinski definition) is 7. The van der Waals surface area contributed by atoms with Gasteiger partial charge >= 0.3 is 23.9 Å². The van der Waals surface area contributed by atoms with Gasteiger partial charge in [-0.3, -0.25) is 4.79 Å². The molecule has 7 N–H and O–H groups in total. The van der Waals surface area contributed by atoms with Crippen molar-refractivity contribution in [2.45, 2.75) is 25.9 Å². The van der Waals surface area contributed by atoms with Gasteiger partial charge in [0.1, 0.15) is 30.8 Å². The molecule has 1 atom stereocenters. The molecule has 13 nitrogen and oxygen atoms in total. The van der Waals surface area contributed by atoms with E-state index in [1.165, 1.54) is 12.1 Å². The molecule has 13 heteroatoms. The maximum Gasteiger partial charge on any atom is 0.414 e. The molecule has 0 fully saturated rings. The molecule has 0 spiro atoms. The number of aliphatic hydroxyl groups excluding tert-OH is 1. The van der Waals surface area contributed by atoms with Gasteiger partial charge in [-0.1, -0.05) is 13.3 Å². The lowest BCUT2D eigenvalue weighted by Crippen LogP contribution is -2.42. The van der Waals surface area contributed by atoms with Gasteiger partial charge in [-0.2, -0.15) is 0 Å². The molecule has 186 valence electrons. The number of phenolic OH excluding ortho intramolecular Hbond substituents is 1. The molecule has 0 radical (unpaired) electrons. The highest BCUT2D eigenvalue weighted by atomic mass is 16.5. The van der Waals surface area contributed by atoms with Crippen molar-refractivity contribution >= 4 is 23.9 Å². The van der Waals surface area contributed by atoms with Gasteiger partial charge in [0.05, 0.1) is 6.61 Å². The summed E-state index contributed by atoms with van der Waals surface area (Å²) in [6.45, 7) is 3.37. The van der Waals surface area contributed by atoms with Crippen molar-refractivity contribution in [2.75, 3.05) is 39.4 Å². The standard InChI is InChI=1S/C18H29N3O6.C2H2O4/c1-2-3-10-26-17(24)12-21-18(25)20-9-8-19-11-15(23)13-27-16-6-4-14(22)5-7-16;3-1(4)2(5)6/h4-7,15,19,22-23H,2-3,8-13H2,1H3,(H2,20,21,25);(H,3,4)(H,5,6). The maximum absolute atomic E-state index is 11.5. The van der Waals surface area contributed by atoms with E-state index in [0.717, 1.165) is 12.8 Å². The molecule has 0 saturated heterocycles. The molecule has 33 heavy (non-hydrogen) atoms. The molecule has 0 saturated carbocycles. The number of benzene rings is 1. The Bertz CT molecular complexity index is 715. The molecule has 1 aromatic carbocycles. The van der Waals surface area contributed by atoms with E-state index in [1.807, 2.05) is 6.92 Å². The Morgan fingerprint density at radius 2 is 1.64 bits per heavy atom. The van der Waals surface area contributed by atoms with Gasteiger partial charge in [-0.25, -0.2) is 14.4 Å². The van der Waals surface area contributed by atoms with Gasteiger partial charge in [0, 0.05) is 19.6 Å². The first kappa shape index (κ1) is 29.4. The molecule has 0 aliphatic heterocycles. The van der Waals surface area contributed by atoms with Gasteiger partial charge in [-0.15, -0.1) is 0 Å². The second-order valence-corrected chi connectivity index (χ2v) is 6.46. The molecule has 0 aliphatic rings. The summed E-state index contributed by atoms with van der Waals surface area (Å²) in [7, 11) is 0. The van der Waals surface area contributed by atoms with Crippen molar-refractivity contribution in [3.63, 3.8) is 0 Å². The number of carbonyl (C=O) groups is 4. The van der Waals surface area contributed by atoms with Crippen molar-refractivity contribution in [3.05, 3.63) is 24.3 Å². The molecule has 1 rings (SSSR count). The molecule has 1 unspecified atom stereocenters. The number of aliphatic hydroxyl groups is 1. The smallest absolute Gasteiger partial charge is 0.414 e. The van der Waals surface area contributed by atoms with Crippen LogP contribution in [0.5, 0.6) is 11.5 Å². The lowest BCUT2D eigenvalue weighted by atomic mass is 10.3. The molecule has 0 aliphatic carbocycles. The minimum absolute atomic E-state index is 0.103. The Balaban J connectivity index is 0.00000150. The van der Waals surface area contributed by atoms with Gasteiger partial charge in [0.2, 0.25) is 0 Å². The minimum Gasteiger partial charge on any atom is -0.508 e. The predicted octanol–water partition coefficient (Wildman–Crippen LogP) is -0.480. The number of esters is 1. The summed E-state index contributed by atoms with van der Waals surface area (Å²) >= 11 is 0. The van der Waals surface area contributed by atoms with E-state index in [9.17, 15) is 19.8 Å². The van der Waals surface area contributed by atoms with Gasteiger partial charge < -0.3 is 45.9 Å². The van der Waals surface area contributed by atoms with Crippen molar-refractivity contribution in [1.82, 2.24) is 16.0 Å². The molecular formula is C20H31N3O10. The van der Waals surface area contributed by atoms with Crippen LogP contribution in [0.4, 0.5) is 4.79 Å². The third-order valence-electron chi connectivity index (χ3n) is 3.58. The monoisotopic (exact) mass is 473 g/mol. The Hall–Kier alpha value is -3.58. The van der Waals surface area contributed by atoms with Crippen LogP contribution in [-0.4, -0.2) is 89.9 Å². The van der Waals surface area contributed by atoms with Crippen LogP contribution >= 0.6 is 0 Å². The van der Waals surface area contributed by atoms with Crippen LogP contribution in [0.25, 0.3) is 0 Å². The quantitative estimate of drug-likeness (QED) is 0.111. The number of amides is 2. The number of phenols is 1. The Labute approximate surface area is 190 Å². The number of rotatable bonds is 13. The second-order valence-electron chi connectivity index (χ2n) is 6.46. The number of carboxylic acids is 2. The van der Waals surface area contributed by atoms with E-state index >= 15 is 0 Å². The third kappa shape index (κ3) is 17.8. The molecule has 2 amide bonds. The zero-order valence-corrected chi connectivity index (χ0v) is 18.3.